The second kappa shape index (κ2) is 14.7. The van der Waals surface area contributed by atoms with Crippen LogP contribution in [-0.2, 0) is 9.47 Å². The molecule has 0 bridgehead atoms. The van der Waals surface area contributed by atoms with Gasteiger partial charge in [0.25, 0.3) is 0 Å². The predicted octanol–water partition coefficient (Wildman–Crippen LogP) is 6.98. The van der Waals surface area contributed by atoms with E-state index in [0.717, 1.165) is 51.5 Å². The Morgan fingerprint density at radius 1 is 1.05 bits per heavy atom. The molecule has 0 spiro atoms. The van der Waals surface area contributed by atoms with Gasteiger partial charge >= 0.3 is 0 Å². The van der Waals surface area contributed by atoms with Gasteiger partial charge in [-0.05, 0) is 89.4 Å². The van der Waals surface area contributed by atoms with E-state index in [1.165, 1.54) is 31.4 Å². The van der Waals surface area contributed by atoms with Gasteiger partial charge in [0.15, 0.2) is 5.82 Å². The topological polar surface area (TPSA) is 110 Å². The number of terminal acetylenes is 1. The summed E-state index contributed by atoms with van der Waals surface area (Å²) in [5.41, 5.74) is -1.06. The number of likely N-dealkylation sites (tertiary alicyclic amines) is 1. The molecule has 3 saturated heterocycles. The molecular weight excluding hydrogens is 706 g/mol. The number of phenols is 1. The van der Waals surface area contributed by atoms with Crippen LogP contribution in [-0.4, -0.2) is 102 Å². The van der Waals surface area contributed by atoms with Crippen LogP contribution in [0.15, 0.2) is 30.3 Å². The minimum atomic E-state index is -1.21. The van der Waals surface area contributed by atoms with Crippen LogP contribution in [0.5, 0.6) is 17.5 Å². The smallest absolute Gasteiger partial charge is 0.225 e. The van der Waals surface area contributed by atoms with Gasteiger partial charge in [-0.25, -0.2) is 18.7 Å². The third-order valence-electron chi connectivity index (χ3n) is 12.3. The summed E-state index contributed by atoms with van der Waals surface area (Å²) in [7, 11) is 1.43. The molecule has 5 atom stereocenters. The minimum absolute atomic E-state index is 0.0534. The number of aliphatic hydroxyl groups is 1. The van der Waals surface area contributed by atoms with Crippen LogP contribution in [0, 0.1) is 29.4 Å². The molecule has 4 aliphatic rings. The highest BCUT2D eigenvalue weighted by Crippen LogP contribution is 2.50. The Bertz CT molecular complexity index is 2150. The van der Waals surface area contributed by atoms with E-state index in [-0.39, 0.29) is 81.4 Å². The van der Waals surface area contributed by atoms with Gasteiger partial charge in [-0.3, -0.25) is 4.90 Å². The van der Waals surface area contributed by atoms with Crippen molar-refractivity contribution in [1.82, 2.24) is 14.9 Å². The first-order chi connectivity index (χ1) is 26.4. The number of nitrogens with zero attached hydrogens (tertiary/aromatic N) is 4. The van der Waals surface area contributed by atoms with Crippen LogP contribution in [0.2, 0.25) is 0 Å². The molecule has 8 rings (SSSR count). The van der Waals surface area contributed by atoms with Gasteiger partial charge in [-0.15, -0.1) is 6.42 Å². The molecule has 2 aromatic heterocycles. The van der Waals surface area contributed by atoms with Crippen molar-refractivity contribution in [2.24, 2.45) is 5.41 Å². The van der Waals surface area contributed by atoms with E-state index in [0.29, 0.717) is 42.9 Å². The maximum Gasteiger partial charge on any atom is 0.225 e. The van der Waals surface area contributed by atoms with Crippen LogP contribution in [0.3, 0.4) is 0 Å². The molecule has 2 N–H and O–H groups in total. The van der Waals surface area contributed by atoms with Crippen molar-refractivity contribution < 1.29 is 37.9 Å². The number of rotatable bonds is 7. The molecule has 1 aliphatic carbocycles. The number of pyridine rings is 2. The maximum atomic E-state index is 17.4. The number of methoxy groups -OCH3 is 1. The monoisotopic (exact) mass is 756 g/mol. The summed E-state index contributed by atoms with van der Waals surface area (Å²) in [6, 6.07) is 8.05. The molecule has 10 nitrogen and oxygen atoms in total. The summed E-state index contributed by atoms with van der Waals surface area (Å²) in [4.78, 5) is 14.1. The highest BCUT2D eigenvalue weighted by Gasteiger charge is 2.50. The highest BCUT2D eigenvalue weighted by atomic mass is 19.1. The van der Waals surface area contributed by atoms with Crippen LogP contribution in [0.1, 0.15) is 71.3 Å². The third-order valence-corrected chi connectivity index (χ3v) is 12.3. The molecule has 12 heteroatoms. The summed E-state index contributed by atoms with van der Waals surface area (Å²) in [6.07, 6.45) is 13.6. The normalized spacial score (nSPS) is 28.9. The van der Waals surface area contributed by atoms with Crippen molar-refractivity contribution in [1.29, 1.82) is 0 Å². The number of ether oxygens (including phenoxy) is 4. The van der Waals surface area contributed by atoms with Gasteiger partial charge in [0.05, 0.1) is 55.8 Å². The second-order valence-electron chi connectivity index (χ2n) is 16.4. The lowest BCUT2D eigenvalue weighted by Crippen LogP contribution is -2.57. The van der Waals surface area contributed by atoms with Crippen molar-refractivity contribution in [3.8, 4) is 41.1 Å². The molecule has 5 heterocycles. The maximum absolute atomic E-state index is 17.4. The Morgan fingerprint density at radius 2 is 1.84 bits per heavy atom. The van der Waals surface area contributed by atoms with Gasteiger partial charge in [0.2, 0.25) is 11.8 Å². The number of hydrogen-bond acceptors (Lipinski definition) is 10. The number of phenolic OH excluding ortho intramolecular Hbond substituents is 1. The van der Waals surface area contributed by atoms with Gasteiger partial charge in [-0.1, -0.05) is 18.4 Å². The summed E-state index contributed by atoms with van der Waals surface area (Å²) >= 11 is 0. The largest absolute Gasteiger partial charge is 0.508 e. The molecule has 55 heavy (non-hydrogen) atoms. The Balaban J connectivity index is 1.25. The lowest BCUT2D eigenvalue weighted by atomic mass is 9.74. The zero-order valence-electron chi connectivity index (χ0n) is 32.0. The van der Waals surface area contributed by atoms with Gasteiger partial charge in [0, 0.05) is 47.6 Å². The summed E-state index contributed by atoms with van der Waals surface area (Å²) < 4.78 is 56.9. The molecule has 2 aromatic carbocycles. The number of hydrogen-bond donors (Lipinski definition) is 2. The summed E-state index contributed by atoms with van der Waals surface area (Å²) in [5.74, 6) is 1.03. The zero-order chi connectivity index (χ0) is 38.6. The average molecular weight is 757 g/mol. The second-order valence-corrected chi connectivity index (χ2v) is 16.4. The number of halogens is 2. The van der Waals surface area contributed by atoms with E-state index in [2.05, 4.69) is 29.7 Å². The fraction of sp³-hybridized carbons (Fsp3) is 0.535. The standard InChI is InChI=1S/C43H50F2N4O6/c1-6-30-32(44)11-10-27-19-29(50)20-31(36(27)30)39-38(45)40-37(41(47-39)52-5)33(48-15-16-53-23-42(4,51)22-48)21-35(46-40)54-24-43-12-7-9-34(43)49(14-8-13-43)28-17-25(2)55-26(3)18-28/h1,10-11,19-21,25-26,28,34,50-51H,7-9,12-18,22-24H2,2-5H3. The molecule has 3 aliphatic heterocycles. The number of fused-ring (bicyclic) bond motifs is 3. The van der Waals surface area contributed by atoms with Gasteiger partial charge in [-0.2, -0.15) is 0 Å². The molecule has 0 amide bonds. The van der Waals surface area contributed by atoms with Crippen LogP contribution in [0.25, 0.3) is 32.9 Å². The Hall–Kier alpha value is -4.28. The fourth-order valence-electron chi connectivity index (χ4n) is 10.0. The molecule has 0 radical (unpaired) electrons. The summed E-state index contributed by atoms with van der Waals surface area (Å²) in [5, 5.41) is 22.9. The van der Waals surface area contributed by atoms with Gasteiger partial charge in [0.1, 0.15) is 28.4 Å². The molecular formula is C43H50F2N4O6. The number of anilines is 1. The van der Waals surface area contributed by atoms with E-state index in [4.69, 9.17) is 30.4 Å². The Kier molecular flexibility index (Phi) is 10.0. The first kappa shape index (κ1) is 37.6. The molecule has 4 aromatic rings. The fourth-order valence-corrected chi connectivity index (χ4v) is 10.0. The van der Waals surface area contributed by atoms with Crippen molar-refractivity contribution in [3.63, 3.8) is 0 Å². The first-order valence-electron chi connectivity index (χ1n) is 19.5. The lowest BCUT2D eigenvalue weighted by Gasteiger charge is -2.51. The molecule has 4 fully saturated rings. The highest BCUT2D eigenvalue weighted by molar-refractivity contribution is 6.04. The minimum Gasteiger partial charge on any atom is -0.508 e. The number of benzene rings is 2. The summed E-state index contributed by atoms with van der Waals surface area (Å²) in [6.45, 7) is 8.54. The van der Waals surface area contributed by atoms with Crippen molar-refractivity contribution >= 4 is 27.4 Å². The van der Waals surface area contributed by atoms with Crippen molar-refractivity contribution in [3.05, 3.63) is 47.5 Å². The van der Waals surface area contributed by atoms with E-state index in [1.807, 2.05) is 4.90 Å². The lowest BCUT2D eigenvalue weighted by molar-refractivity contribution is -0.0966. The molecule has 5 unspecified atom stereocenters. The molecule has 1 saturated carbocycles. The van der Waals surface area contributed by atoms with Crippen molar-refractivity contribution in [2.45, 2.75) is 95.6 Å². The first-order valence-corrected chi connectivity index (χ1v) is 19.5. The van der Waals surface area contributed by atoms with Gasteiger partial charge < -0.3 is 34.1 Å². The number of piperidine rings is 1. The van der Waals surface area contributed by atoms with E-state index >= 15 is 8.78 Å². The number of aromatic hydroxyl groups is 1. The van der Waals surface area contributed by atoms with Crippen LogP contribution < -0.4 is 14.4 Å². The Morgan fingerprint density at radius 3 is 2.60 bits per heavy atom. The third kappa shape index (κ3) is 6.94. The van der Waals surface area contributed by atoms with Crippen LogP contribution in [0.4, 0.5) is 14.5 Å². The molecule has 292 valence electrons. The number of aromatic nitrogens is 2. The Labute approximate surface area is 320 Å². The zero-order valence-corrected chi connectivity index (χ0v) is 32.0. The van der Waals surface area contributed by atoms with Crippen LogP contribution >= 0.6 is 0 Å². The van der Waals surface area contributed by atoms with Crippen molar-refractivity contribution in [2.75, 3.05) is 51.5 Å². The SMILES string of the molecule is C#Cc1c(F)ccc2cc(O)cc(-c3nc(OC)c4c(N5CCOCC(C)(O)C5)cc(OCC56CCCC5N(C5CC(C)OC(C)C5)CCC6)nc4c3F)c12. The quantitative estimate of drug-likeness (QED) is 0.192. The van der Waals surface area contributed by atoms with E-state index < -0.39 is 17.2 Å². The van der Waals surface area contributed by atoms with E-state index in [9.17, 15) is 10.2 Å². The van der Waals surface area contributed by atoms with E-state index in [1.54, 1.807) is 13.0 Å². The predicted molar refractivity (Wildman–Crippen MR) is 207 cm³/mol. The number of β-amino-alcohol motifs (C(OH)–C–C–N with tert-alkyl or cyclic N) is 1. The average Bonchev–Trinajstić information content (AvgIpc) is 3.50.